The molecular weight excluding hydrogens is 390 g/mol. The molecule has 0 radical (unpaired) electrons. The Morgan fingerprint density at radius 2 is 1.55 bits per heavy atom. The number of carbonyl (C=O) groups is 2. The summed E-state index contributed by atoms with van der Waals surface area (Å²) < 4.78 is 0. The predicted molar refractivity (Wildman–Crippen MR) is 127 cm³/mol. The second-order valence-corrected chi connectivity index (χ2v) is 9.09. The van der Waals surface area contributed by atoms with Crippen LogP contribution in [0.2, 0.25) is 0 Å². The van der Waals surface area contributed by atoms with Gasteiger partial charge in [0, 0.05) is 12.3 Å². The minimum Gasteiger partial charge on any atom is -0.394 e. The summed E-state index contributed by atoms with van der Waals surface area (Å²) in [6, 6.07) is -0.888. The van der Waals surface area contributed by atoms with Gasteiger partial charge in [-0.05, 0) is 32.1 Å². The van der Waals surface area contributed by atoms with E-state index in [1.807, 2.05) is 13.0 Å². The Bertz CT molecular complexity index is 520. The number of imide groups is 1. The molecule has 1 rings (SSSR count). The number of allylic oxidation sites excluding steroid dienone is 1. The highest BCUT2D eigenvalue weighted by Crippen LogP contribution is 2.24. The number of unbranched alkanes of at least 4 members (excludes halogenated alkanes) is 11. The monoisotopic (exact) mass is 437 g/mol. The lowest BCUT2D eigenvalue weighted by atomic mass is 9.99. The predicted octanol–water partition coefficient (Wildman–Crippen LogP) is 5.53. The van der Waals surface area contributed by atoms with E-state index in [0.29, 0.717) is 25.7 Å². The molecule has 1 fully saturated rings. The number of likely N-dealkylation sites (tertiary alicyclic amines) is 1. The van der Waals surface area contributed by atoms with Gasteiger partial charge in [-0.3, -0.25) is 14.5 Å². The third kappa shape index (κ3) is 10.8. The van der Waals surface area contributed by atoms with Crippen molar-refractivity contribution < 1.29 is 19.8 Å². The van der Waals surface area contributed by atoms with Crippen LogP contribution < -0.4 is 0 Å². The zero-order valence-corrected chi connectivity index (χ0v) is 20.1. The molecule has 1 saturated heterocycles. The highest BCUT2D eigenvalue weighted by Gasteiger charge is 2.37. The first-order chi connectivity index (χ1) is 15.1. The van der Waals surface area contributed by atoms with Gasteiger partial charge in [0.1, 0.15) is 0 Å². The Kier molecular flexibility index (Phi) is 15.6. The second-order valence-electron chi connectivity index (χ2n) is 9.09. The van der Waals surface area contributed by atoms with Gasteiger partial charge < -0.3 is 10.2 Å². The number of hydrogen-bond donors (Lipinski definition) is 2. The molecule has 0 spiro atoms. The van der Waals surface area contributed by atoms with Gasteiger partial charge in [-0.1, -0.05) is 90.2 Å². The number of nitrogens with zero attached hydrogens (tertiary/aromatic N) is 1. The van der Waals surface area contributed by atoms with Crippen molar-refractivity contribution >= 4 is 11.8 Å². The van der Waals surface area contributed by atoms with Crippen LogP contribution in [0.15, 0.2) is 12.2 Å². The lowest BCUT2D eigenvalue weighted by Gasteiger charge is -2.31. The summed E-state index contributed by atoms with van der Waals surface area (Å²) in [6.45, 7) is 3.77. The average molecular weight is 438 g/mol. The standard InChI is InChI=1S/C26H47NO4/c1-3-5-6-7-8-9-10-11-12-13-14-15-16-19-24(29)23(21-28)27-25(30)20-17-18-22(4-2)26(27)31/h16,19,22-24,28-29H,3-15,17-18,20-21H2,1-2H3/b19-16+/t22?,23-,24+/m0/s1. The van der Waals surface area contributed by atoms with E-state index in [9.17, 15) is 19.8 Å². The lowest BCUT2D eigenvalue weighted by molar-refractivity contribution is -0.152. The van der Waals surface area contributed by atoms with Crippen LogP contribution in [0.5, 0.6) is 0 Å². The van der Waals surface area contributed by atoms with Crippen LogP contribution in [-0.2, 0) is 9.59 Å². The van der Waals surface area contributed by atoms with E-state index in [4.69, 9.17) is 0 Å². The molecule has 2 N–H and O–H groups in total. The fraction of sp³-hybridized carbons (Fsp3) is 0.846. The molecule has 5 heteroatoms. The van der Waals surface area contributed by atoms with Crippen LogP contribution in [0.4, 0.5) is 0 Å². The van der Waals surface area contributed by atoms with Crippen molar-refractivity contribution in [3.63, 3.8) is 0 Å². The lowest BCUT2D eigenvalue weighted by Crippen LogP contribution is -2.52. The fourth-order valence-corrected chi connectivity index (χ4v) is 4.42. The summed E-state index contributed by atoms with van der Waals surface area (Å²) >= 11 is 0. The topological polar surface area (TPSA) is 77.8 Å². The van der Waals surface area contributed by atoms with E-state index in [2.05, 4.69) is 6.92 Å². The molecule has 180 valence electrons. The van der Waals surface area contributed by atoms with Crippen LogP contribution in [0.25, 0.3) is 0 Å². The summed E-state index contributed by atoms with van der Waals surface area (Å²) in [4.78, 5) is 26.3. The molecule has 0 bridgehead atoms. The van der Waals surface area contributed by atoms with Crippen molar-refractivity contribution in [2.75, 3.05) is 6.61 Å². The average Bonchev–Trinajstić information content (AvgIpc) is 2.90. The van der Waals surface area contributed by atoms with Gasteiger partial charge in [-0.2, -0.15) is 0 Å². The molecular formula is C26H47NO4. The number of aliphatic hydroxyl groups excluding tert-OH is 2. The number of amides is 2. The zero-order chi connectivity index (χ0) is 22.9. The number of hydrogen-bond acceptors (Lipinski definition) is 4. The highest BCUT2D eigenvalue weighted by atomic mass is 16.3. The van der Waals surface area contributed by atoms with Crippen molar-refractivity contribution in [3.8, 4) is 0 Å². The molecule has 2 amide bonds. The molecule has 31 heavy (non-hydrogen) atoms. The van der Waals surface area contributed by atoms with Crippen LogP contribution in [0.3, 0.4) is 0 Å². The van der Waals surface area contributed by atoms with Crippen molar-refractivity contribution in [1.82, 2.24) is 4.90 Å². The minimum absolute atomic E-state index is 0.201. The van der Waals surface area contributed by atoms with Crippen molar-refractivity contribution in [2.24, 2.45) is 5.92 Å². The maximum Gasteiger partial charge on any atom is 0.232 e. The van der Waals surface area contributed by atoms with Crippen molar-refractivity contribution in [2.45, 2.75) is 129 Å². The first-order valence-electron chi connectivity index (χ1n) is 12.9. The Balaban J connectivity index is 2.28. The quantitative estimate of drug-likeness (QED) is 0.178. The molecule has 1 aliphatic heterocycles. The molecule has 0 aromatic rings. The van der Waals surface area contributed by atoms with Gasteiger partial charge in [0.2, 0.25) is 11.8 Å². The van der Waals surface area contributed by atoms with E-state index in [-0.39, 0.29) is 17.7 Å². The summed E-state index contributed by atoms with van der Waals surface area (Å²) in [5, 5.41) is 20.3. The normalized spacial score (nSPS) is 19.7. The molecule has 3 atom stereocenters. The van der Waals surface area contributed by atoms with Crippen molar-refractivity contribution in [1.29, 1.82) is 0 Å². The van der Waals surface area contributed by atoms with E-state index in [1.165, 1.54) is 64.2 Å². The number of rotatable bonds is 17. The van der Waals surface area contributed by atoms with Crippen LogP contribution in [0.1, 0.15) is 117 Å². The van der Waals surface area contributed by atoms with Gasteiger partial charge in [0.25, 0.3) is 0 Å². The molecule has 1 aliphatic rings. The van der Waals surface area contributed by atoms with Crippen LogP contribution >= 0.6 is 0 Å². The molecule has 0 saturated carbocycles. The van der Waals surface area contributed by atoms with Gasteiger partial charge in [0.05, 0.1) is 18.8 Å². The largest absolute Gasteiger partial charge is 0.394 e. The van der Waals surface area contributed by atoms with E-state index in [0.717, 1.165) is 17.7 Å². The van der Waals surface area contributed by atoms with Crippen LogP contribution in [-0.4, -0.2) is 45.7 Å². The minimum atomic E-state index is -1.03. The SMILES string of the molecule is CCCCCCCCCCCCC/C=C/[C@@H](O)[C@H](CO)N1C(=O)CCCC(CC)C1=O. The Morgan fingerprint density at radius 3 is 2.10 bits per heavy atom. The fourth-order valence-electron chi connectivity index (χ4n) is 4.42. The molecule has 1 heterocycles. The smallest absolute Gasteiger partial charge is 0.232 e. The third-order valence-corrected chi connectivity index (χ3v) is 6.51. The maximum absolute atomic E-state index is 12.7. The van der Waals surface area contributed by atoms with E-state index >= 15 is 0 Å². The molecule has 0 aliphatic carbocycles. The Labute approximate surface area is 190 Å². The Morgan fingerprint density at radius 1 is 0.968 bits per heavy atom. The summed E-state index contributed by atoms with van der Waals surface area (Å²) in [7, 11) is 0. The second kappa shape index (κ2) is 17.4. The Hall–Kier alpha value is -1.20. The highest BCUT2D eigenvalue weighted by molar-refractivity contribution is 5.97. The first kappa shape index (κ1) is 27.8. The van der Waals surface area contributed by atoms with Crippen LogP contribution in [0, 0.1) is 5.92 Å². The molecule has 5 nitrogen and oxygen atoms in total. The van der Waals surface area contributed by atoms with Gasteiger partial charge in [-0.15, -0.1) is 0 Å². The van der Waals surface area contributed by atoms with Crippen molar-refractivity contribution in [3.05, 3.63) is 12.2 Å². The first-order valence-corrected chi connectivity index (χ1v) is 12.9. The van der Waals surface area contributed by atoms with Gasteiger partial charge in [-0.25, -0.2) is 0 Å². The summed E-state index contributed by atoms with van der Waals surface area (Å²) in [5.41, 5.74) is 0. The molecule has 1 unspecified atom stereocenters. The summed E-state index contributed by atoms with van der Waals surface area (Å²) in [5.74, 6) is -0.729. The van der Waals surface area contributed by atoms with Gasteiger partial charge in [0.15, 0.2) is 0 Å². The third-order valence-electron chi connectivity index (χ3n) is 6.51. The number of carbonyl (C=O) groups excluding carboxylic acids is 2. The zero-order valence-electron chi connectivity index (χ0n) is 20.1. The summed E-state index contributed by atoms with van der Waals surface area (Å²) in [6.07, 6.45) is 20.0. The van der Waals surface area contributed by atoms with E-state index < -0.39 is 18.8 Å². The van der Waals surface area contributed by atoms with E-state index in [1.54, 1.807) is 6.08 Å². The number of aliphatic hydroxyl groups is 2. The maximum atomic E-state index is 12.7. The van der Waals surface area contributed by atoms with Gasteiger partial charge >= 0.3 is 0 Å². The molecule has 0 aromatic carbocycles. The molecule has 0 aromatic heterocycles.